The minimum atomic E-state index is 0.688. The van der Waals surface area contributed by atoms with E-state index in [2.05, 4.69) is 31.3 Å². The summed E-state index contributed by atoms with van der Waals surface area (Å²) in [6, 6.07) is 6.23. The topological polar surface area (TPSA) is 30.5 Å². The molecule has 0 bridgehead atoms. The van der Waals surface area contributed by atoms with E-state index in [1.165, 1.54) is 11.1 Å². The third kappa shape index (κ3) is 4.64. The van der Waals surface area contributed by atoms with Crippen LogP contribution in [0.5, 0.6) is 5.75 Å². The molecule has 1 aromatic carbocycles. The summed E-state index contributed by atoms with van der Waals surface area (Å²) in [5, 5.41) is 3.24. The smallest absolute Gasteiger partial charge is 0.122 e. The number of benzene rings is 1. The Balaban J connectivity index is 2.21. The van der Waals surface area contributed by atoms with Gasteiger partial charge in [-0.05, 0) is 25.5 Å². The van der Waals surface area contributed by atoms with E-state index < -0.39 is 0 Å². The molecule has 0 atom stereocenters. The lowest BCUT2D eigenvalue weighted by Gasteiger charge is -2.10. The predicted molar refractivity (Wildman–Crippen MR) is 66.2 cm³/mol. The molecule has 0 radical (unpaired) electrons. The third-order valence-corrected chi connectivity index (χ3v) is 2.35. The van der Waals surface area contributed by atoms with Crippen molar-refractivity contribution < 1.29 is 9.47 Å². The van der Waals surface area contributed by atoms with Crippen LogP contribution in [-0.2, 0) is 4.74 Å². The Morgan fingerprint density at radius 1 is 1.12 bits per heavy atom. The fourth-order valence-electron chi connectivity index (χ4n) is 1.49. The van der Waals surface area contributed by atoms with E-state index in [0.29, 0.717) is 6.61 Å². The highest BCUT2D eigenvalue weighted by Crippen LogP contribution is 2.18. The second-order valence-corrected chi connectivity index (χ2v) is 3.86. The van der Waals surface area contributed by atoms with Crippen LogP contribution in [0.3, 0.4) is 0 Å². The van der Waals surface area contributed by atoms with Gasteiger partial charge in [-0.25, -0.2) is 0 Å². The molecule has 3 nitrogen and oxygen atoms in total. The minimum Gasteiger partial charge on any atom is -0.492 e. The Morgan fingerprint density at radius 2 is 1.88 bits per heavy atom. The zero-order chi connectivity index (χ0) is 11.8. The van der Waals surface area contributed by atoms with Crippen LogP contribution in [-0.4, -0.2) is 33.4 Å². The fourth-order valence-corrected chi connectivity index (χ4v) is 1.49. The molecule has 0 aromatic heterocycles. The van der Waals surface area contributed by atoms with Crippen LogP contribution in [0.2, 0.25) is 0 Å². The number of methoxy groups -OCH3 is 1. The van der Waals surface area contributed by atoms with Crippen molar-refractivity contribution in [3.63, 3.8) is 0 Å². The van der Waals surface area contributed by atoms with Crippen LogP contribution in [0.15, 0.2) is 18.2 Å². The quantitative estimate of drug-likeness (QED) is 0.716. The number of hydrogen-bond donors (Lipinski definition) is 1. The molecule has 0 spiro atoms. The van der Waals surface area contributed by atoms with Crippen molar-refractivity contribution in [3.05, 3.63) is 29.3 Å². The van der Waals surface area contributed by atoms with E-state index in [4.69, 9.17) is 9.47 Å². The monoisotopic (exact) mass is 223 g/mol. The highest BCUT2D eigenvalue weighted by atomic mass is 16.5. The van der Waals surface area contributed by atoms with Gasteiger partial charge in [-0.15, -0.1) is 0 Å². The van der Waals surface area contributed by atoms with Gasteiger partial charge in [-0.1, -0.05) is 17.7 Å². The molecule has 0 amide bonds. The molecule has 0 saturated carbocycles. The molecule has 0 unspecified atom stereocenters. The van der Waals surface area contributed by atoms with Crippen molar-refractivity contribution in [3.8, 4) is 5.75 Å². The van der Waals surface area contributed by atoms with Crippen LogP contribution in [0.4, 0.5) is 0 Å². The number of hydrogen-bond acceptors (Lipinski definition) is 3. The Hall–Kier alpha value is -1.06. The SMILES string of the molecule is COCCNCCOc1ccc(C)cc1C. The molecule has 0 saturated heterocycles. The summed E-state index contributed by atoms with van der Waals surface area (Å²) >= 11 is 0. The van der Waals surface area contributed by atoms with Crippen molar-refractivity contribution in [2.24, 2.45) is 0 Å². The molecule has 3 heteroatoms. The highest BCUT2D eigenvalue weighted by molar-refractivity contribution is 5.35. The van der Waals surface area contributed by atoms with E-state index in [1.54, 1.807) is 7.11 Å². The summed E-state index contributed by atoms with van der Waals surface area (Å²) in [5.74, 6) is 0.971. The van der Waals surface area contributed by atoms with Crippen LogP contribution in [0.1, 0.15) is 11.1 Å². The van der Waals surface area contributed by atoms with Gasteiger partial charge in [0, 0.05) is 20.2 Å². The normalized spacial score (nSPS) is 10.4. The molecule has 1 rings (SSSR count). The molecule has 1 N–H and O–H groups in total. The maximum Gasteiger partial charge on any atom is 0.122 e. The number of nitrogens with one attached hydrogen (secondary N) is 1. The lowest BCUT2D eigenvalue weighted by atomic mass is 10.1. The van der Waals surface area contributed by atoms with E-state index in [9.17, 15) is 0 Å². The van der Waals surface area contributed by atoms with Gasteiger partial charge in [-0.2, -0.15) is 0 Å². The van der Waals surface area contributed by atoms with E-state index in [0.717, 1.165) is 25.4 Å². The number of rotatable bonds is 7. The van der Waals surface area contributed by atoms with Crippen molar-refractivity contribution in [2.45, 2.75) is 13.8 Å². The van der Waals surface area contributed by atoms with Gasteiger partial charge >= 0.3 is 0 Å². The summed E-state index contributed by atoms with van der Waals surface area (Å²) < 4.78 is 10.6. The fraction of sp³-hybridized carbons (Fsp3) is 0.538. The molecular weight excluding hydrogens is 202 g/mol. The summed E-state index contributed by atoms with van der Waals surface area (Å²) in [6.07, 6.45) is 0. The van der Waals surface area contributed by atoms with Gasteiger partial charge in [0.05, 0.1) is 6.61 Å². The first-order valence-electron chi connectivity index (χ1n) is 5.63. The van der Waals surface area contributed by atoms with Gasteiger partial charge in [0.15, 0.2) is 0 Å². The van der Waals surface area contributed by atoms with Crippen molar-refractivity contribution in [1.29, 1.82) is 0 Å². The maximum absolute atomic E-state index is 5.67. The average Bonchev–Trinajstić information content (AvgIpc) is 2.26. The third-order valence-electron chi connectivity index (χ3n) is 2.35. The zero-order valence-corrected chi connectivity index (χ0v) is 10.4. The first-order chi connectivity index (χ1) is 7.74. The summed E-state index contributed by atoms with van der Waals surface area (Å²) in [6.45, 7) is 7.30. The van der Waals surface area contributed by atoms with Crippen molar-refractivity contribution in [1.82, 2.24) is 5.32 Å². The lowest BCUT2D eigenvalue weighted by molar-refractivity contribution is 0.196. The molecule has 16 heavy (non-hydrogen) atoms. The molecule has 0 aliphatic heterocycles. The van der Waals surface area contributed by atoms with Gasteiger partial charge in [-0.3, -0.25) is 0 Å². The molecule has 90 valence electrons. The Labute approximate surface area is 97.8 Å². The first kappa shape index (κ1) is 13.0. The molecule has 1 aromatic rings. The van der Waals surface area contributed by atoms with Crippen molar-refractivity contribution in [2.75, 3.05) is 33.4 Å². The summed E-state index contributed by atoms with van der Waals surface area (Å²) in [4.78, 5) is 0. The highest BCUT2D eigenvalue weighted by Gasteiger charge is 1.98. The standard InChI is InChI=1S/C13H21NO2/c1-11-4-5-13(12(2)10-11)16-9-7-14-6-8-15-3/h4-5,10,14H,6-9H2,1-3H3. The summed E-state index contributed by atoms with van der Waals surface area (Å²) in [7, 11) is 1.70. The zero-order valence-electron chi connectivity index (χ0n) is 10.4. The Morgan fingerprint density at radius 3 is 2.56 bits per heavy atom. The number of aryl methyl sites for hydroxylation is 2. The second kappa shape index (κ2) is 7.25. The summed E-state index contributed by atoms with van der Waals surface area (Å²) in [5.41, 5.74) is 2.46. The van der Waals surface area contributed by atoms with Crippen LogP contribution >= 0.6 is 0 Å². The number of ether oxygens (including phenoxy) is 2. The Bertz CT molecular complexity index is 313. The lowest BCUT2D eigenvalue weighted by Crippen LogP contribution is -2.24. The maximum atomic E-state index is 5.67. The van der Waals surface area contributed by atoms with Gasteiger partial charge < -0.3 is 14.8 Å². The Kier molecular flexibility index (Phi) is 5.90. The molecule has 0 fully saturated rings. The van der Waals surface area contributed by atoms with Gasteiger partial charge in [0.2, 0.25) is 0 Å². The molecule has 0 aliphatic carbocycles. The molecular formula is C13H21NO2. The predicted octanol–water partition coefficient (Wildman–Crippen LogP) is 1.92. The van der Waals surface area contributed by atoms with Gasteiger partial charge in [0.25, 0.3) is 0 Å². The van der Waals surface area contributed by atoms with Crippen LogP contribution in [0.25, 0.3) is 0 Å². The minimum absolute atomic E-state index is 0.688. The molecule has 0 heterocycles. The van der Waals surface area contributed by atoms with Gasteiger partial charge in [0.1, 0.15) is 12.4 Å². The van der Waals surface area contributed by atoms with E-state index >= 15 is 0 Å². The molecule has 0 aliphatic rings. The van der Waals surface area contributed by atoms with Crippen LogP contribution in [0, 0.1) is 13.8 Å². The van der Waals surface area contributed by atoms with E-state index in [-0.39, 0.29) is 0 Å². The first-order valence-corrected chi connectivity index (χ1v) is 5.63. The second-order valence-electron chi connectivity index (χ2n) is 3.86. The van der Waals surface area contributed by atoms with E-state index in [1.807, 2.05) is 6.07 Å². The largest absolute Gasteiger partial charge is 0.492 e. The van der Waals surface area contributed by atoms with Crippen molar-refractivity contribution >= 4 is 0 Å². The average molecular weight is 223 g/mol. The van der Waals surface area contributed by atoms with Crippen LogP contribution < -0.4 is 10.1 Å².